The van der Waals surface area contributed by atoms with Gasteiger partial charge in [-0.3, -0.25) is 0 Å². The summed E-state index contributed by atoms with van der Waals surface area (Å²) in [5.41, 5.74) is 1.10. The van der Waals surface area contributed by atoms with E-state index in [0.29, 0.717) is 0 Å². The summed E-state index contributed by atoms with van der Waals surface area (Å²) < 4.78 is 1.15. The van der Waals surface area contributed by atoms with Crippen LogP contribution in [0.3, 0.4) is 0 Å². The Labute approximate surface area is 57.6 Å². The zero-order valence-electron chi connectivity index (χ0n) is 4.76. The number of aryl methyl sites for hydroxylation is 1. The summed E-state index contributed by atoms with van der Waals surface area (Å²) in [7, 11) is 0. The van der Waals surface area contributed by atoms with E-state index < -0.39 is 0 Å². The van der Waals surface area contributed by atoms with Crippen molar-refractivity contribution in [2.75, 3.05) is 0 Å². The molecular formula is C6H8AsN. The van der Waals surface area contributed by atoms with Gasteiger partial charge in [0.05, 0.1) is 0 Å². The van der Waals surface area contributed by atoms with Gasteiger partial charge in [-0.2, -0.15) is 0 Å². The topological polar surface area (TPSA) is 12.9 Å². The van der Waals surface area contributed by atoms with Crippen LogP contribution in [0.2, 0.25) is 0 Å². The van der Waals surface area contributed by atoms with Crippen LogP contribution in [0, 0.1) is 6.92 Å². The molecule has 1 rings (SSSR count). The van der Waals surface area contributed by atoms with Crippen molar-refractivity contribution in [3.63, 3.8) is 0 Å². The van der Waals surface area contributed by atoms with Gasteiger partial charge in [-0.1, -0.05) is 0 Å². The molecule has 1 heterocycles. The van der Waals surface area contributed by atoms with Crippen molar-refractivity contribution in [2.24, 2.45) is 0 Å². The minimum absolute atomic E-state index is 1.10. The molecule has 0 amide bonds. The summed E-state index contributed by atoms with van der Waals surface area (Å²) in [5.74, 6) is 0. The van der Waals surface area contributed by atoms with E-state index in [1.165, 1.54) is 0 Å². The van der Waals surface area contributed by atoms with Gasteiger partial charge in [-0.15, -0.1) is 0 Å². The predicted octanol–water partition coefficient (Wildman–Crippen LogP) is -0.352. The fourth-order valence-electron chi connectivity index (χ4n) is 0.564. The summed E-state index contributed by atoms with van der Waals surface area (Å²) in [6, 6.07) is 6.05. The fraction of sp³-hybridized carbons (Fsp3) is 0.167. The molecule has 0 saturated heterocycles. The van der Waals surface area contributed by atoms with Crippen LogP contribution in [-0.4, -0.2) is 21.8 Å². The van der Waals surface area contributed by atoms with E-state index in [9.17, 15) is 0 Å². The second kappa shape index (κ2) is 2.32. The average molecular weight is 169 g/mol. The Morgan fingerprint density at radius 3 is 2.62 bits per heavy atom. The summed E-state index contributed by atoms with van der Waals surface area (Å²) in [6.45, 7) is 2.00. The van der Waals surface area contributed by atoms with Gasteiger partial charge in [0.15, 0.2) is 0 Å². The zero-order chi connectivity index (χ0) is 5.98. The van der Waals surface area contributed by atoms with Crippen molar-refractivity contribution < 1.29 is 0 Å². The van der Waals surface area contributed by atoms with Gasteiger partial charge in [0.1, 0.15) is 0 Å². The third kappa shape index (κ3) is 1.34. The standard InChI is InChI=1S/C6H8AsN/c1-5-3-2-4-6(7)8-5/h2-4H,7H2,1H3. The number of aromatic nitrogens is 1. The molecule has 0 spiro atoms. The number of rotatable bonds is 0. The number of hydrogen-bond acceptors (Lipinski definition) is 1. The van der Waals surface area contributed by atoms with E-state index in [-0.39, 0.29) is 0 Å². The quantitative estimate of drug-likeness (QED) is 0.483. The van der Waals surface area contributed by atoms with Crippen molar-refractivity contribution in [1.82, 2.24) is 4.98 Å². The van der Waals surface area contributed by atoms with Gasteiger partial charge in [0.25, 0.3) is 0 Å². The molecule has 1 nitrogen and oxygen atoms in total. The fourth-order valence-corrected chi connectivity index (χ4v) is 1.22. The van der Waals surface area contributed by atoms with Crippen LogP contribution in [0.4, 0.5) is 0 Å². The third-order valence-electron chi connectivity index (χ3n) is 0.910. The third-order valence-corrected chi connectivity index (χ3v) is 1.58. The number of hydrogen-bond donors (Lipinski definition) is 0. The monoisotopic (exact) mass is 169 g/mol. The average Bonchev–Trinajstić information content (AvgIpc) is 1.64. The van der Waals surface area contributed by atoms with Gasteiger partial charge < -0.3 is 0 Å². The van der Waals surface area contributed by atoms with E-state index >= 15 is 0 Å². The van der Waals surface area contributed by atoms with Crippen LogP contribution in [0.25, 0.3) is 0 Å². The molecule has 0 aliphatic carbocycles. The first-order valence-electron chi connectivity index (χ1n) is 2.48. The van der Waals surface area contributed by atoms with Crippen molar-refractivity contribution in [3.8, 4) is 0 Å². The maximum absolute atomic E-state index is 4.20. The van der Waals surface area contributed by atoms with Crippen LogP contribution in [0.1, 0.15) is 5.69 Å². The van der Waals surface area contributed by atoms with Gasteiger partial charge >= 0.3 is 57.1 Å². The molecule has 0 fully saturated rings. The van der Waals surface area contributed by atoms with Gasteiger partial charge in [-0.05, 0) is 0 Å². The Balaban J connectivity index is 3.08. The van der Waals surface area contributed by atoms with Gasteiger partial charge in [-0.25, -0.2) is 0 Å². The van der Waals surface area contributed by atoms with E-state index in [1.54, 1.807) is 16.9 Å². The Morgan fingerprint density at radius 2 is 2.25 bits per heavy atom. The Hall–Kier alpha value is -0.292. The number of nitrogens with zero attached hydrogens (tertiary/aromatic N) is 1. The van der Waals surface area contributed by atoms with Crippen LogP contribution in [-0.2, 0) is 0 Å². The molecule has 8 heavy (non-hydrogen) atoms. The SMILES string of the molecule is Cc1cccc([AsH2])n1. The Morgan fingerprint density at radius 1 is 1.50 bits per heavy atom. The van der Waals surface area contributed by atoms with Crippen molar-refractivity contribution in [3.05, 3.63) is 23.9 Å². The maximum atomic E-state index is 4.20. The van der Waals surface area contributed by atoms with Crippen molar-refractivity contribution in [2.45, 2.75) is 6.92 Å². The van der Waals surface area contributed by atoms with Crippen molar-refractivity contribution >= 4 is 21.3 Å². The molecule has 0 radical (unpaired) electrons. The van der Waals surface area contributed by atoms with Crippen LogP contribution in [0.5, 0.6) is 0 Å². The first-order valence-corrected chi connectivity index (χ1v) is 3.69. The zero-order valence-corrected chi connectivity index (χ0v) is 7.18. The molecule has 1 aromatic heterocycles. The minimum atomic E-state index is 1.10. The Kier molecular flexibility index (Phi) is 1.69. The molecule has 42 valence electrons. The summed E-state index contributed by atoms with van der Waals surface area (Å²) >= 11 is 1.57. The van der Waals surface area contributed by atoms with E-state index in [0.717, 1.165) is 10.2 Å². The summed E-state index contributed by atoms with van der Waals surface area (Å²) in [5, 5.41) is 0. The van der Waals surface area contributed by atoms with E-state index in [1.807, 2.05) is 25.1 Å². The number of pyridine rings is 1. The molecule has 1 unspecified atom stereocenters. The molecule has 1 atom stereocenters. The first-order chi connectivity index (χ1) is 3.79. The summed E-state index contributed by atoms with van der Waals surface area (Å²) in [6.07, 6.45) is 0. The molecule has 0 bridgehead atoms. The van der Waals surface area contributed by atoms with Crippen LogP contribution >= 0.6 is 0 Å². The normalized spacial score (nSPS) is 9.25. The molecular weight excluding hydrogens is 161 g/mol. The van der Waals surface area contributed by atoms with Crippen LogP contribution < -0.4 is 4.48 Å². The first kappa shape index (κ1) is 5.84. The van der Waals surface area contributed by atoms with Gasteiger partial charge in [0, 0.05) is 0 Å². The van der Waals surface area contributed by atoms with E-state index in [2.05, 4.69) is 4.98 Å². The second-order valence-corrected chi connectivity index (χ2v) is 2.94. The molecule has 0 saturated carbocycles. The predicted molar refractivity (Wildman–Crippen MR) is 37.2 cm³/mol. The molecule has 0 aromatic carbocycles. The summed E-state index contributed by atoms with van der Waals surface area (Å²) in [4.78, 5) is 4.20. The van der Waals surface area contributed by atoms with Gasteiger partial charge in [0.2, 0.25) is 0 Å². The molecule has 1 aromatic rings. The molecule has 0 aliphatic heterocycles. The van der Waals surface area contributed by atoms with Crippen molar-refractivity contribution in [1.29, 1.82) is 0 Å². The molecule has 2 heteroatoms. The Bertz CT molecular complexity index is 168. The van der Waals surface area contributed by atoms with Crippen LogP contribution in [0.15, 0.2) is 18.2 Å². The second-order valence-electron chi connectivity index (χ2n) is 1.70. The molecule has 0 N–H and O–H groups in total. The van der Waals surface area contributed by atoms with E-state index in [4.69, 9.17) is 0 Å². The molecule has 0 aliphatic rings.